The fourth-order valence-corrected chi connectivity index (χ4v) is 3.25. The van der Waals surface area contributed by atoms with Crippen molar-refractivity contribution >= 4 is 0 Å². The Balaban J connectivity index is 1.55. The lowest BCUT2D eigenvalue weighted by molar-refractivity contribution is 0.305. The van der Waals surface area contributed by atoms with E-state index in [9.17, 15) is 0 Å². The molecule has 0 aromatic carbocycles. The predicted molar refractivity (Wildman–Crippen MR) is 75.3 cm³/mol. The van der Waals surface area contributed by atoms with Crippen LogP contribution in [0.2, 0.25) is 0 Å². The molecule has 2 fully saturated rings. The van der Waals surface area contributed by atoms with Crippen molar-refractivity contribution in [3.63, 3.8) is 0 Å². The van der Waals surface area contributed by atoms with Crippen LogP contribution in [0, 0.1) is 0 Å². The molecule has 2 aliphatic carbocycles. The van der Waals surface area contributed by atoms with E-state index in [1.54, 1.807) is 0 Å². The summed E-state index contributed by atoms with van der Waals surface area (Å²) >= 11 is 0. The van der Waals surface area contributed by atoms with Gasteiger partial charge in [0.1, 0.15) is 5.82 Å². The summed E-state index contributed by atoms with van der Waals surface area (Å²) in [6.45, 7) is 4.41. The van der Waals surface area contributed by atoms with Crippen molar-refractivity contribution in [1.82, 2.24) is 19.8 Å². The van der Waals surface area contributed by atoms with Crippen LogP contribution in [0.3, 0.4) is 0 Å². The van der Waals surface area contributed by atoms with Gasteiger partial charge in [0, 0.05) is 50.3 Å². The summed E-state index contributed by atoms with van der Waals surface area (Å²) < 4.78 is 2.56. The number of hydrogen-bond donors (Lipinski definition) is 1. The highest BCUT2D eigenvalue weighted by atomic mass is 15.2. The second-order valence-corrected chi connectivity index (χ2v) is 6.43. The van der Waals surface area contributed by atoms with E-state index < -0.39 is 0 Å². The molecule has 1 aromatic heterocycles. The average molecular weight is 260 g/mol. The molecule has 2 heterocycles. The molecular formula is C15H24N4. The molecule has 0 bridgehead atoms. The van der Waals surface area contributed by atoms with Crippen LogP contribution in [0.4, 0.5) is 0 Å². The molecule has 0 atom stereocenters. The van der Waals surface area contributed by atoms with Gasteiger partial charge in [0.2, 0.25) is 0 Å². The lowest BCUT2D eigenvalue weighted by Gasteiger charge is -2.20. The van der Waals surface area contributed by atoms with E-state index in [0.717, 1.165) is 38.0 Å². The van der Waals surface area contributed by atoms with Crippen LogP contribution >= 0.6 is 0 Å². The van der Waals surface area contributed by atoms with Crippen LogP contribution in [0.25, 0.3) is 0 Å². The van der Waals surface area contributed by atoms with E-state index in [1.807, 2.05) is 0 Å². The molecule has 3 aliphatic rings. The number of aromatic nitrogens is 2. The van der Waals surface area contributed by atoms with Crippen LogP contribution in [0.5, 0.6) is 0 Å². The van der Waals surface area contributed by atoms with E-state index in [1.165, 1.54) is 49.4 Å². The van der Waals surface area contributed by atoms with Crippen LogP contribution in [-0.2, 0) is 19.5 Å². The summed E-state index contributed by atoms with van der Waals surface area (Å²) in [5, 5.41) is 3.45. The van der Waals surface area contributed by atoms with E-state index >= 15 is 0 Å². The summed E-state index contributed by atoms with van der Waals surface area (Å²) in [5.74, 6) is 2.15. The predicted octanol–water partition coefficient (Wildman–Crippen LogP) is 1.50. The minimum Gasteiger partial charge on any atom is -0.330 e. The molecule has 0 saturated heterocycles. The lowest BCUT2D eigenvalue weighted by Crippen LogP contribution is -2.28. The number of fused-ring (bicyclic) bond motifs is 1. The van der Waals surface area contributed by atoms with Gasteiger partial charge in [0.25, 0.3) is 0 Å². The molecule has 1 aromatic rings. The van der Waals surface area contributed by atoms with Gasteiger partial charge >= 0.3 is 0 Å². The summed E-state index contributed by atoms with van der Waals surface area (Å²) in [6, 6.07) is 0.866. The van der Waals surface area contributed by atoms with Gasteiger partial charge in [-0.3, -0.25) is 0 Å². The van der Waals surface area contributed by atoms with Crippen molar-refractivity contribution < 1.29 is 0 Å². The van der Waals surface area contributed by atoms with Crippen molar-refractivity contribution in [3.05, 3.63) is 17.2 Å². The Morgan fingerprint density at radius 1 is 1.32 bits per heavy atom. The van der Waals surface area contributed by atoms with Gasteiger partial charge in [0.05, 0.1) is 5.69 Å². The molecule has 0 amide bonds. The largest absolute Gasteiger partial charge is 0.330 e. The van der Waals surface area contributed by atoms with Crippen LogP contribution in [0.1, 0.15) is 48.8 Å². The van der Waals surface area contributed by atoms with Crippen LogP contribution < -0.4 is 5.32 Å². The zero-order valence-electron chi connectivity index (χ0n) is 11.9. The number of likely N-dealkylation sites (N-methyl/N-ethyl adjacent to an activating group) is 1. The molecule has 0 unspecified atom stereocenters. The van der Waals surface area contributed by atoms with Gasteiger partial charge in [-0.05, 0) is 32.7 Å². The first-order valence-electron chi connectivity index (χ1n) is 7.82. The van der Waals surface area contributed by atoms with Crippen LogP contribution in [-0.4, -0.2) is 40.6 Å². The van der Waals surface area contributed by atoms with Gasteiger partial charge in [-0.15, -0.1) is 0 Å². The highest BCUT2D eigenvalue weighted by molar-refractivity contribution is 5.24. The number of nitrogens with one attached hydrogen (secondary N) is 1. The Kier molecular flexibility index (Phi) is 2.88. The normalized spacial score (nSPS) is 22.8. The van der Waals surface area contributed by atoms with Crippen molar-refractivity contribution in [2.24, 2.45) is 0 Å². The zero-order valence-corrected chi connectivity index (χ0v) is 11.9. The van der Waals surface area contributed by atoms with Crippen LogP contribution in [0.15, 0.2) is 0 Å². The number of hydrogen-bond acceptors (Lipinski definition) is 3. The van der Waals surface area contributed by atoms with Crippen molar-refractivity contribution in [1.29, 1.82) is 0 Å². The van der Waals surface area contributed by atoms with Gasteiger partial charge in [0.15, 0.2) is 0 Å². The molecule has 2 saturated carbocycles. The topological polar surface area (TPSA) is 33.1 Å². The van der Waals surface area contributed by atoms with Gasteiger partial charge < -0.3 is 14.8 Å². The molecule has 1 N–H and O–H groups in total. The average Bonchev–Trinajstić information content (AvgIpc) is 3.32. The number of imidazole rings is 1. The second-order valence-electron chi connectivity index (χ2n) is 6.43. The Labute approximate surface area is 115 Å². The molecule has 4 heteroatoms. The first kappa shape index (κ1) is 11.9. The van der Waals surface area contributed by atoms with E-state index in [2.05, 4.69) is 21.8 Å². The van der Waals surface area contributed by atoms with Crippen molar-refractivity contribution in [2.75, 3.05) is 20.1 Å². The molecule has 104 valence electrons. The van der Waals surface area contributed by atoms with Crippen molar-refractivity contribution in [2.45, 2.75) is 57.2 Å². The maximum atomic E-state index is 4.93. The fourth-order valence-electron chi connectivity index (χ4n) is 3.25. The summed E-state index contributed by atoms with van der Waals surface area (Å²) in [6.07, 6.45) is 6.65. The van der Waals surface area contributed by atoms with Gasteiger partial charge in [-0.1, -0.05) is 0 Å². The molecule has 0 radical (unpaired) electrons. The first-order valence-corrected chi connectivity index (χ1v) is 7.82. The Hall–Kier alpha value is -0.870. The third-order valence-electron chi connectivity index (χ3n) is 4.81. The second kappa shape index (κ2) is 4.60. The zero-order chi connectivity index (χ0) is 12.8. The SMILES string of the molecule is CN(CCn1c(C2CC2)nc2c1CCNC2)C1CC1. The van der Waals surface area contributed by atoms with E-state index in [-0.39, 0.29) is 0 Å². The van der Waals surface area contributed by atoms with Gasteiger partial charge in [-0.25, -0.2) is 4.98 Å². The third kappa shape index (κ3) is 2.32. The lowest BCUT2D eigenvalue weighted by atomic mass is 10.2. The quantitative estimate of drug-likeness (QED) is 0.871. The fraction of sp³-hybridized carbons (Fsp3) is 0.800. The minimum atomic E-state index is 0.761. The van der Waals surface area contributed by atoms with Crippen molar-refractivity contribution in [3.8, 4) is 0 Å². The standard InChI is InChI=1S/C15H24N4/c1-18(12-4-5-12)8-9-19-14-6-7-16-10-13(14)17-15(19)11-2-3-11/h11-12,16H,2-10H2,1H3. The highest BCUT2D eigenvalue weighted by Gasteiger charge is 2.32. The highest BCUT2D eigenvalue weighted by Crippen LogP contribution is 2.40. The Morgan fingerprint density at radius 3 is 2.89 bits per heavy atom. The number of rotatable bonds is 5. The monoisotopic (exact) mass is 260 g/mol. The molecule has 1 aliphatic heterocycles. The summed E-state index contributed by atoms with van der Waals surface area (Å²) in [7, 11) is 2.28. The van der Waals surface area contributed by atoms with Gasteiger partial charge in [-0.2, -0.15) is 0 Å². The maximum absolute atomic E-state index is 4.93. The van der Waals surface area contributed by atoms with E-state index in [4.69, 9.17) is 4.98 Å². The molecule has 19 heavy (non-hydrogen) atoms. The smallest absolute Gasteiger partial charge is 0.112 e. The molecule has 4 rings (SSSR count). The maximum Gasteiger partial charge on any atom is 0.112 e. The molecule has 0 spiro atoms. The molecular weight excluding hydrogens is 236 g/mol. The number of nitrogens with zero attached hydrogens (tertiary/aromatic N) is 3. The molecule has 4 nitrogen and oxygen atoms in total. The minimum absolute atomic E-state index is 0.761. The first-order chi connectivity index (χ1) is 9.33. The summed E-state index contributed by atoms with van der Waals surface area (Å²) in [4.78, 5) is 7.46. The Bertz CT molecular complexity index is 471. The third-order valence-corrected chi connectivity index (χ3v) is 4.81. The Morgan fingerprint density at radius 2 is 2.16 bits per heavy atom. The van der Waals surface area contributed by atoms with E-state index in [0.29, 0.717) is 0 Å². The summed E-state index contributed by atoms with van der Waals surface area (Å²) in [5.41, 5.74) is 2.84.